The van der Waals surface area contributed by atoms with Gasteiger partial charge >= 0.3 is 0 Å². The Morgan fingerprint density at radius 2 is 1.89 bits per heavy atom. The summed E-state index contributed by atoms with van der Waals surface area (Å²) in [5, 5.41) is 0. The molecule has 8 heteroatoms. The van der Waals surface area contributed by atoms with Crippen molar-refractivity contribution in [1.29, 1.82) is 0 Å². The lowest BCUT2D eigenvalue weighted by Crippen LogP contribution is -2.52. The minimum Gasteiger partial charge on any atom is -0.494 e. The largest absolute Gasteiger partial charge is 0.494 e. The number of carbonyl (C=O) groups is 2. The summed E-state index contributed by atoms with van der Waals surface area (Å²) in [6.07, 6.45) is 1.93. The lowest BCUT2D eigenvalue weighted by atomic mass is 10.1. The number of hydrogen-bond acceptors (Lipinski definition) is 5. The first-order valence-corrected chi connectivity index (χ1v) is 10.9. The molecule has 152 valence electrons. The van der Waals surface area contributed by atoms with Crippen LogP contribution in [0, 0.1) is 0 Å². The van der Waals surface area contributed by atoms with E-state index in [0.29, 0.717) is 30.8 Å². The second kappa shape index (κ2) is 11.0. The van der Waals surface area contributed by atoms with E-state index in [2.05, 4.69) is 0 Å². The highest BCUT2D eigenvalue weighted by atomic mass is 32.2. The number of ketones is 1. The number of benzene rings is 1. The van der Waals surface area contributed by atoms with Crippen molar-refractivity contribution >= 4 is 21.7 Å². The van der Waals surface area contributed by atoms with Crippen LogP contribution in [0.25, 0.3) is 0 Å². The lowest BCUT2D eigenvalue weighted by Gasteiger charge is -2.27. The third kappa shape index (κ3) is 6.95. The molecule has 0 radical (unpaired) electrons. The van der Waals surface area contributed by atoms with E-state index in [1.165, 1.54) is 0 Å². The Morgan fingerprint density at radius 3 is 2.44 bits per heavy atom. The van der Waals surface area contributed by atoms with Crippen molar-refractivity contribution in [3.8, 4) is 5.75 Å². The zero-order valence-corrected chi connectivity index (χ0v) is 17.1. The van der Waals surface area contributed by atoms with Gasteiger partial charge in [-0.25, -0.2) is 8.42 Å². The molecule has 0 aliphatic rings. The Labute approximate surface area is 161 Å². The van der Waals surface area contributed by atoms with E-state index >= 15 is 0 Å². The van der Waals surface area contributed by atoms with Crippen molar-refractivity contribution < 1.29 is 22.7 Å². The number of primary amides is 1. The predicted octanol–water partition coefficient (Wildman–Crippen LogP) is 2.24. The van der Waals surface area contributed by atoms with Crippen molar-refractivity contribution in [1.82, 2.24) is 4.31 Å². The summed E-state index contributed by atoms with van der Waals surface area (Å²) in [6, 6.07) is 5.30. The van der Waals surface area contributed by atoms with Crippen molar-refractivity contribution in [2.24, 2.45) is 5.73 Å². The van der Waals surface area contributed by atoms with Gasteiger partial charge in [0.2, 0.25) is 15.9 Å². The molecule has 0 fully saturated rings. The standard InChI is InChI=1S/C19H30N2O5S/c1-4-7-11-17(22)18(19(20)23)21(12-5-2)27(24,25)14-15-9-8-10-16(13-15)26-6-3/h8-10,13,18H,4-7,11-12,14H2,1-3H3,(H2,20,23). The van der Waals surface area contributed by atoms with Gasteiger partial charge in [-0.1, -0.05) is 32.4 Å². The summed E-state index contributed by atoms with van der Waals surface area (Å²) < 4.78 is 32.4. The van der Waals surface area contributed by atoms with Crippen LogP contribution in [0.2, 0.25) is 0 Å². The molecular weight excluding hydrogens is 368 g/mol. The Bertz CT molecular complexity index is 733. The maximum Gasteiger partial charge on any atom is 0.243 e. The Kier molecular flexibility index (Phi) is 9.45. The topological polar surface area (TPSA) is 107 Å². The Balaban J connectivity index is 3.15. The predicted molar refractivity (Wildman–Crippen MR) is 105 cm³/mol. The average molecular weight is 399 g/mol. The fourth-order valence-electron chi connectivity index (χ4n) is 2.78. The van der Waals surface area contributed by atoms with Crippen LogP contribution in [0.5, 0.6) is 5.75 Å². The molecule has 1 aromatic rings. The van der Waals surface area contributed by atoms with E-state index in [-0.39, 0.29) is 18.7 Å². The molecule has 1 atom stereocenters. The van der Waals surface area contributed by atoms with Gasteiger partial charge in [0.25, 0.3) is 0 Å². The Hall–Kier alpha value is -1.93. The zero-order valence-electron chi connectivity index (χ0n) is 16.3. The van der Waals surface area contributed by atoms with Gasteiger partial charge in [-0.2, -0.15) is 4.31 Å². The number of nitrogens with zero attached hydrogens (tertiary/aromatic N) is 1. The number of Topliss-reactive ketones (excluding diaryl/α,β-unsaturated/α-hetero) is 1. The van der Waals surface area contributed by atoms with E-state index < -0.39 is 27.8 Å². The smallest absolute Gasteiger partial charge is 0.243 e. The molecule has 0 aliphatic heterocycles. The lowest BCUT2D eigenvalue weighted by molar-refractivity contribution is -0.132. The summed E-state index contributed by atoms with van der Waals surface area (Å²) in [5.74, 6) is -1.16. The fraction of sp³-hybridized carbons (Fsp3) is 0.579. The van der Waals surface area contributed by atoms with Crippen molar-refractivity contribution in [2.45, 2.75) is 58.2 Å². The van der Waals surface area contributed by atoms with E-state index in [0.717, 1.165) is 10.7 Å². The summed E-state index contributed by atoms with van der Waals surface area (Å²) in [5.41, 5.74) is 5.93. The van der Waals surface area contributed by atoms with Gasteiger partial charge in [0.1, 0.15) is 5.75 Å². The van der Waals surface area contributed by atoms with Crippen molar-refractivity contribution in [3.63, 3.8) is 0 Å². The number of unbranched alkanes of at least 4 members (excludes halogenated alkanes) is 1. The van der Waals surface area contributed by atoms with Crippen LogP contribution in [0.4, 0.5) is 0 Å². The minimum atomic E-state index is -3.93. The third-order valence-electron chi connectivity index (χ3n) is 4.00. The molecule has 0 bridgehead atoms. The number of amides is 1. The van der Waals surface area contributed by atoms with E-state index in [4.69, 9.17) is 10.5 Å². The number of sulfonamides is 1. The van der Waals surface area contributed by atoms with Gasteiger partial charge in [0, 0.05) is 13.0 Å². The molecule has 2 N–H and O–H groups in total. The molecule has 0 aromatic heterocycles. The summed E-state index contributed by atoms with van der Waals surface area (Å²) in [6.45, 7) is 6.06. The summed E-state index contributed by atoms with van der Waals surface area (Å²) >= 11 is 0. The van der Waals surface area contributed by atoms with Gasteiger partial charge in [0.05, 0.1) is 12.4 Å². The van der Waals surface area contributed by atoms with Gasteiger partial charge in [-0.05, 0) is 37.5 Å². The van der Waals surface area contributed by atoms with E-state index in [1.807, 2.05) is 13.8 Å². The minimum absolute atomic E-state index is 0.0545. The summed E-state index contributed by atoms with van der Waals surface area (Å²) in [7, 11) is -3.93. The molecule has 0 saturated heterocycles. The van der Waals surface area contributed by atoms with Crippen LogP contribution in [0.3, 0.4) is 0 Å². The Morgan fingerprint density at radius 1 is 1.19 bits per heavy atom. The summed E-state index contributed by atoms with van der Waals surface area (Å²) in [4.78, 5) is 24.4. The normalized spacial score (nSPS) is 12.7. The van der Waals surface area contributed by atoms with Crippen LogP contribution in [0.1, 0.15) is 52.0 Å². The van der Waals surface area contributed by atoms with E-state index in [1.54, 1.807) is 31.2 Å². The first-order valence-electron chi connectivity index (χ1n) is 9.30. The first-order chi connectivity index (χ1) is 12.8. The molecule has 0 heterocycles. The number of ether oxygens (including phenoxy) is 1. The second-order valence-electron chi connectivity index (χ2n) is 6.32. The van der Waals surface area contributed by atoms with E-state index in [9.17, 15) is 18.0 Å². The van der Waals surface area contributed by atoms with Crippen LogP contribution in [0.15, 0.2) is 24.3 Å². The molecule has 7 nitrogen and oxygen atoms in total. The number of nitrogens with two attached hydrogens (primary N) is 1. The monoisotopic (exact) mass is 398 g/mol. The molecule has 27 heavy (non-hydrogen) atoms. The molecule has 0 aliphatic carbocycles. The molecule has 1 amide bonds. The number of carbonyl (C=O) groups excluding carboxylic acids is 2. The van der Waals surface area contributed by atoms with Crippen molar-refractivity contribution in [3.05, 3.63) is 29.8 Å². The van der Waals surface area contributed by atoms with Gasteiger partial charge in [0.15, 0.2) is 11.8 Å². The van der Waals surface area contributed by atoms with Crippen LogP contribution in [-0.4, -0.2) is 43.6 Å². The SMILES string of the molecule is CCCCC(=O)C(C(N)=O)N(CCC)S(=O)(=O)Cc1cccc(OCC)c1. The molecule has 1 aromatic carbocycles. The van der Waals surface area contributed by atoms with Crippen molar-refractivity contribution in [2.75, 3.05) is 13.2 Å². The molecular formula is C19H30N2O5S. The molecule has 1 unspecified atom stereocenters. The van der Waals surface area contributed by atoms with Crippen LogP contribution in [-0.2, 0) is 25.4 Å². The number of rotatable bonds is 13. The van der Waals surface area contributed by atoms with Gasteiger partial charge < -0.3 is 10.5 Å². The van der Waals surface area contributed by atoms with Crippen LogP contribution >= 0.6 is 0 Å². The molecule has 1 rings (SSSR count). The maximum atomic E-state index is 13.0. The fourth-order valence-corrected chi connectivity index (χ4v) is 4.55. The number of hydrogen-bond donors (Lipinski definition) is 1. The second-order valence-corrected chi connectivity index (χ2v) is 8.24. The highest BCUT2D eigenvalue weighted by molar-refractivity contribution is 7.88. The van der Waals surface area contributed by atoms with Gasteiger partial charge in [-0.15, -0.1) is 0 Å². The quantitative estimate of drug-likeness (QED) is 0.513. The molecule has 0 saturated carbocycles. The highest BCUT2D eigenvalue weighted by Gasteiger charge is 2.37. The average Bonchev–Trinajstić information content (AvgIpc) is 2.59. The molecule has 0 spiro atoms. The third-order valence-corrected chi connectivity index (χ3v) is 5.81. The van der Waals surface area contributed by atoms with Crippen LogP contribution < -0.4 is 10.5 Å². The van der Waals surface area contributed by atoms with Gasteiger partial charge in [-0.3, -0.25) is 9.59 Å². The maximum absolute atomic E-state index is 13.0. The highest BCUT2D eigenvalue weighted by Crippen LogP contribution is 2.20. The first kappa shape index (κ1) is 23.1. The zero-order chi connectivity index (χ0) is 20.4.